The quantitative estimate of drug-likeness (QED) is 0.195. The highest BCUT2D eigenvalue weighted by atomic mass is 127. The van der Waals surface area contributed by atoms with E-state index in [4.69, 9.17) is 9.47 Å². The number of likely N-dealkylation sites (tertiary alicyclic amines) is 1. The van der Waals surface area contributed by atoms with Crippen LogP contribution in [0, 0.1) is 5.92 Å². The van der Waals surface area contributed by atoms with Gasteiger partial charge in [0.1, 0.15) is 0 Å². The molecular formula is C19H36F3IN4O2. The molecule has 2 fully saturated rings. The third-order valence-electron chi connectivity index (χ3n) is 5.13. The first-order chi connectivity index (χ1) is 13.5. The highest BCUT2D eigenvalue weighted by molar-refractivity contribution is 14.0. The Bertz CT molecular complexity index is 455. The molecule has 2 aliphatic rings. The van der Waals surface area contributed by atoms with E-state index < -0.39 is 12.7 Å². The minimum Gasteiger partial charge on any atom is -0.377 e. The van der Waals surface area contributed by atoms with Gasteiger partial charge in [0.25, 0.3) is 0 Å². The summed E-state index contributed by atoms with van der Waals surface area (Å²) >= 11 is 0. The smallest absolute Gasteiger partial charge is 0.377 e. The normalized spacial score (nSPS) is 21.8. The molecule has 0 saturated carbocycles. The second-order valence-corrected chi connectivity index (χ2v) is 7.52. The van der Waals surface area contributed by atoms with Crippen LogP contribution in [0.5, 0.6) is 0 Å². The molecule has 0 aromatic heterocycles. The standard InChI is InChI=1S/C19H35F3N4O2.HI/c1-2-23-18(25-9-13-27-14-17-4-3-12-28-17)24-8-5-16-6-10-26(11-7-16)15-19(20,21)22;/h16-17H,2-15H2,1H3,(H2,23,24,25);1H. The van der Waals surface area contributed by atoms with E-state index in [0.29, 0.717) is 45.3 Å². The summed E-state index contributed by atoms with van der Waals surface area (Å²) < 4.78 is 48.5. The van der Waals surface area contributed by atoms with E-state index >= 15 is 0 Å². The second-order valence-electron chi connectivity index (χ2n) is 7.52. The molecule has 0 aromatic rings. The van der Waals surface area contributed by atoms with Crippen LogP contribution >= 0.6 is 24.0 Å². The van der Waals surface area contributed by atoms with Crippen LogP contribution in [0.3, 0.4) is 0 Å². The number of piperidine rings is 1. The van der Waals surface area contributed by atoms with Gasteiger partial charge in [-0.05, 0) is 58.0 Å². The van der Waals surface area contributed by atoms with Crippen molar-refractivity contribution in [2.45, 2.75) is 51.3 Å². The number of alkyl halides is 3. The summed E-state index contributed by atoms with van der Waals surface area (Å²) in [6.45, 7) is 6.48. The number of guanidine groups is 1. The number of hydrogen-bond donors (Lipinski definition) is 2. The van der Waals surface area contributed by atoms with Crippen molar-refractivity contribution in [2.75, 3.05) is 59.1 Å². The summed E-state index contributed by atoms with van der Waals surface area (Å²) in [5.74, 6) is 1.21. The molecule has 2 heterocycles. The van der Waals surface area contributed by atoms with Crippen LogP contribution in [0.15, 0.2) is 4.99 Å². The molecule has 0 amide bonds. The Morgan fingerprint density at radius 2 is 1.97 bits per heavy atom. The molecule has 6 nitrogen and oxygen atoms in total. The maximum atomic E-state index is 12.4. The zero-order chi connectivity index (χ0) is 20.2. The van der Waals surface area contributed by atoms with Gasteiger partial charge in [-0.3, -0.25) is 9.89 Å². The Kier molecular flexibility index (Phi) is 13.5. The number of rotatable bonds is 10. The third-order valence-corrected chi connectivity index (χ3v) is 5.13. The molecule has 0 aliphatic carbocycles. The van der Waals surface area contributed by atoms with Gasteiger partial charge in [-0.25, -0.2) is 0 Å². The summed E-state index contributed by atoms with van der Waals surface area (Å²) in [7, 11) is 0. The molecule has 2 aliphatic heterocycles. The van der Waals surface area contributed by atoms with E-state index in [1.807, 2.05) is 6.92 Å². The number of nitrogens with one attached hydrogen (secondary N) is 2. The van der Waals surface area contributed by atoms with E-state index in [0.717, 1.165) is 51.2 Å². The van der Waals surface area contributed by atoms with Crippen LogP contribution in [-0.2, 0) is 9.47 Å². The highest BCUT2D eigenvalue weighted by Crippen LogP contribution is 2.24. The van der Waals surface area contributed by atoms with E-state index in [9.17, 15) is 13.2 Å². The number of aliphatic imine (C=N–C) groups is 1. The SMILES string of the molecule is CCNC(=NCCC1CCN(CC(F)(F)F)CC1)NCCOCC1CCCO1.I. The topological polar surface area (TPSA) is 58.1 Å². The van der Waals surface area contributed by atoms with Gasteiger partial charge in [-0.2, -0.15) is 13.2 Å². The van der Waals surface area contributed by atoms with Gasteiger partial charge in [0.15, 0.2) is 5.96 Å². The lowest BCUT2D eigenvalue weighted by atomic mass is 9.93. The maximum absolute atomic E-state index is 12.4. The van der Waals surface area contributed by atoms with Gasteiger partial charge in [-0.1, -0.05) is 0 Å². The molecule has 29 heavy (non-hydrogen) atoms. The number of ether oxygens (including phenoxy) is 2. The average Bonchev–Trinajstić information content (AvgIpc) is 3.15. The van der Waals surface area contributed by atoms with Crippen LogP contribution in [0.4, 0.5) is 13.2 Å². The minimum atomic E-state index is -4.10. The third kappa shape index (κ3) is 12.2. The lowest BCUT2D eigenvalue weighted by molar-refractivity contribution is -0.148. The first-order valence-electron chi connectivity index (χ1n) is 10.5. The van der Waals surface area contributed by atoms with Gasteiger partial charge in [0, 0.05) is 26.2 Å². The second kappa shape index (κ2) is 14.6. The van der Waals surface area contributed by atoms with E-state index in [1.54, 1.807) is 0 Å². The van der Waals surface area contributed by atoms with E-state index in [-0.39, 0.29) is 30.1 Å². The predicted octanol–water partition coefficient (Wildman–Crippen LogP) is 3.02. The van der Waals surface area contributed by atoms with Crippen molar-refractivity contribution in [2.24, 2.45) is 10.9 Å². The Morgan fingerprint density at radius 3 is 2.59 bits per heavy atom. The Hall–Kier alpha value is -0.330. The molecule has 10 heteroatoms. The average molecular weight is 536 g/mol. The fourth-order valence-electron chi connectivity index (χ4n) is 3.62. The van der Waals surface area contributed by atoms with Crippen LogP contribution < -0.4 is 10.6 Å². The minimum absolute atomic E-state index is 0. The molecule has 0 spiro atoms. The van der Waals surface area contributed by atoms with Crippen molar-refractivity contribution in [3.8, 4) is 0 Å². The number of halogens is 4. The Balaban J connectivity index is 0.00000420. The van der Waals surface area contributed by atoms with Crippen LogP contribution in [0.2, 0.25) is 0 Å². The van der Waals surface area contributed by atoms with Crippen molar-refractivity contribution >= 4 is 29.9 Å². The summed E-state index contributed by atoms with van der Waals surface area (Å²) in [6, 6.07) is 0. The summed E-state index contributed by atoms with van der Waals surface area (Å²) in [6.07, 6.45) is 0.865. The molecule has 172 valence electrons. The fourth-order valence-corrected chi connectivity index (χ4v) is 3.62. The highest BCUT2D eigenvalue weighted by Gasteiger charge is 2.32. The van der Waals surface area contributed by atoms with Gasteiger partial charge in [0.05, 0.1) is 25.9 Å². The molecule has 2 N–H and O–H groups in total. The molecule has 0 bridgehead atoms. The molecule has 2 rings (SSSR count). The molecule has 0 aromatic carbocycles. The van der Waals surface area contributed by atoms with Gasteiger partial charge < -0.3 is 20.1 Å². The largest absolute Gasteiger partial charge is 0.401 e. The van der Waals surface area contributed by atoms with Crippen LogP contribution in [-0.4, -0.2) is 82.2 Å². The zero-order valence-corrected chi connectivity index (χ0v) is 19.6. The van der Waals surface area contributed by atoms with Crippen molar-refractivity contribution in [1.29, 1.82) is 0 Å². The lowest BCUT2D eigenvalue weighted by Gasteiger charge is -2.32. The molecule has 1 unspecified atom stereocenters. The molecule has 0 radical (unpaired) electrons. The maximum Gasteiger partial charge on any atom is 0.401 e. The van der Waals surface area contributed by atoms with Crippen molar-refractivity contribution in [3.05, 3.63) is 0 Å². The summed E-state index contributed by atoms with van der Waals surface area (Å²) in [4.78, 5) is 6.08. The van der Waals surface area contributed by atoms with Crippen molar-refractivity contribution in [3.63, 3.8) is 0 Å². The first kappa shape index (κ1) is 26.7. The van der Waals surface area contributed by atoms with E-state index in [1.165, 1.54) is 4.90 Å². The zero-order valence-electron chi connectivity index (χ0n) is 17.3. The Labute approximate surface area is 189 Å². The predicted molar refractivity (Wildman–Crippen MR) is 119 cm³/mol. The monoisotopic (exact) mass is 536 g/mol. The van der Waals surface area contributed by atoms with Gasteiger partial charge in [-0.15, -0.1) is 24.0 Å². The van der Waals surface area contributed by atoms with Crippen molar-refractivity contribution < 1.29 is 22.6 Å². The van der Waals surface area contributed by atoms with Gasteiger partial charge in [0.2, 0.25) is 0 Å². The van der Waals surface area contributed by atoms with Gasteiger partial charge >= 0.3 is 6.18 Å². The summed E-state index contributed by atoms with van der Waals surface area (Å²) in [5.41, 5.74) is 0. The molecule has 2 saturated heterocycles. The molecular weight excluding hydrogens is 500 g/mol. The Morgan fingerprint density at radius 1 is 1.21 bits per heavy atom. The summed E-state index contributed by atoms with van der Waals surface area (Å²) in [5, 5.41) is 6.47. The van der Waals surface area contributed by atoms with Crippen molar-refractivity contribution in [1.82, 2.24) is 15.5 Å². The van der Waals surface area contributed by atoms with Crippen LogP contribution in [0.25, 0.3) is 0 Å². The van der Waals surface area contributed by atoms with Crippen LogP contribution in [0.1, 0.15) is 39.0 Å². The fraction of sp³-hybridized carbons (Fsp3) is 0.947. The van der Waals surface area contributed by atoms with E-state index in [2.05, 4.69) is 15.6 Å². The number of hydrogen-bond acceptors (Lipinski definition) is 4. The lowest BCUT2D eigenvalue weighted by Crippen LogP contribution is -2.40. The molecule has 1 atom stereocenters. The first-order valence-corrected chi connectivity index (χ1v) is 10.5. The number of nitrogens with zero attached hydrogens (tertiary/aromatic N) is 2.